The third-order valence-corrected chi connectivity index (χ3v) is 4.35. The normalized spacial score (nSPS) is 14.4. The molecule has 15 heteroatoms. The number of nitrogens with two attached hydrogens (primary N) is 3. The second-order valence-corrected chi connectivity index (χ2v) is 6.87. The van der Waals surface area contributed by atoms with Crippen molar-refractivity contribution in [2.75, 3.05) is 12.4 Å². The molecule has 0 bridgehead atoms. The highest BCUT2D eigenvalue weighted by atomic mass is 32.1. The summed E-state index contributed by atoms with van der Waals surface area (Å²) in [5, 5.41) is 25.1. The number of hydrogen-bond acceptors (Lipinski definition) is 9. The van der Waals surface area contributed by atoms with E-state index in [2.05, 4.69) is 28.6 Å². The molecule has 0 rings (SSSR count). The highest BCUT2D eigenvalue weighted by Gasteiger charge is 2.30. The van der Waals surface area contributed by atoms with E-state index < -0.39 is 66.3 Å². The van der Waals surface area contributed by atoms with Gasteiger partial charge in [-0.2, -0.15) is 12.6 Å². The molecule has 0 aliphatic heterocycles. The minimum Gasteiger partial charge on any atom is -0.480 e. The van der Waals surface area contributed by atoms with E-state index in [1.807, 2.05) is 0 Å². The number of primary amides is 2. The van der Waals surface area contributed by atoms with Crippen LogP contribution in [-0.2, 0) is 28.8 Å². The topological polar surface area (TPSA) is 257 Å². The van der Waals surface area contributed by atoms with Crippen molar-refractivity contribution in [2.24, 2.45) is 17.2 Å². The molecule has 5 amide bonds. The van der Waals surface area contributed by atoms with Crippen molar-refractivity contribution >= 4 is 48.1 Å². The molecular formula is C16H28N6O8S. The van der Waals surface area contributed by atoms with Crippen molar-refractivity contribution in [2.45, 2.75) is 49.9 Å². The fraction of sp³-hybridized carbons (Fsp3) is 0.625. The summed E-state index contributed by atoms with van der Waals surface area (Å²) in [6.45, 7) is -0.836. The van der Waals surface area contributed by atoms with E-state index in [4.69, 9.17) is 17.2 Å². The van der Waals surface area contributed by atoms with Gasteiger partial charge in [-0.15, -0.1) is 0 Å². The van der Waals surface area contributed by atoms with Crippen molar-refractivity contribution < 1.29 is 39.0 Å². The van der Waals surface area contributed by atoms with Gasteiger partial charge in [0.05, 0.1) is 12.6 Å². The molecule has 0 aromatic carbocycles. The van der Waals surface area contributed by atoms with Crippen LogP contribution in [0.25, 0.3) is 0 Å². The van der Waals surface area contributed by atoms with Crippen LogP contribution in [0.3, 0.4) is 0 Å². The van der Waals surface area contributed by atoms with Gasteiger partial charge in [-0.3, -0.25) is 24.0 Å². The third-order valence-electron chi connectivity index (χ3n) is 3.96. The number of carboxylic acids is 1. The van der Waals surface area contributed by atoms with Gasteiger partial charge in [-0.1, -0.05) is 0 Å². The number of carbonyl (C=O) groups excluding carboxylic acids is 5. The van der Waals surface area contributed by atoms with E-state index in [-0.39, 0.29) is 31.4 Å². The molecule has 0 saturated carbocycles. The minimum atomic E-state index is -1.49. The number of carbonyl (C=O) groups is 6. The van der Waals surface area contributed by atoms with E-state index in [1.165, 1.54) is 0 Å². The lowest BCUT2D eigenvalue weighted by Gasteiger charge is -2.24. The van der Waals surface area contributed by atoms with Crippen LogP contribution in [0.5, 0.6) is 0 Å². The lowest BCUT2D eigenvalue weighted by molar-refractivity contribution is -0.142. The fourth-order valence-electron chi connectivity index (χ4n) is 2.20. The van der Waals surface area contributed by atoms with Crippen molar-refractivity contribution in [1.82, 2.24) is 16.0 Å². The Morgan fingerprint density at radius 2 is 1.19 bits per heavy atom. The number of thiol groups is 1. The molecule has 176 valence electrons. The molecule has 4 unspecified atom stereocenters. The summed E-state index contributed by atoms with van der Waals surface area (Å²) >= 11 is 3.84. The molecule has 0 aliphatic carbocycles. The maximum atomic E-state index is 12.5. The number of hydrogen-bond donors (Lipinski definition) is 9. The molecule has 0 spiro atoms. The van der Waals surface area contributed by atoms with Gasteiger partial charge < -0.3 is 43.4 Å². The van der Waals surface area contributed by atoms with Gasteiger partial charge >= 0.3 is 5.97 Å². The Morgan fingerprint density at radius 1 is 0.774 bits per heavy atom. The number of carboxylic acid groups (broad SMARTS) is 1. The van der Waals surface area contributed by atoms with Gasteiger partial charge in [0.25, 0.3) is 0 Å². The largest absolute Gasteiger partial charge is 0.480 e. The maximum absolute atomic E-state index is 12.5. The Kier molecular flexibility index (Phi) is 12.8. The molecule has 0 saturated heterocycles. The average Bonchev–Trinajstić information content (AvgIpc) is 2.70. The third kappa shape index (κ3) is 11.2. The second kappa shape index (κ2) is 14.2. The van der Waals surface area contributed by atoms with Crippen molar-refractivity contribution in [3.05, 3.63) is 0 Å². The van der Waals surface area contributed by atoms with Gasteiger partial charge in [0, 0.05) is 18.6 Å². The summed E-state index contributed by atoms with van der Waals surface area (Å²) in [6, 6.07) is -5.46. The van der Waals surface area contributed by atoms with Crippen LogP contribution in [0.4, 0.5) is 0 Å². The molecule has 0 aromatic heterocycles. The monoisotopic (exact) mass is 464 g/mol. The van der Waals surface area contributed by atoms with E-state index >= 15 is 0 Å². The van der Waals surface area contributed by atoms with Crippen LogP contribution in [0.1, 0.15) is 25.7 Å². The summed E-state index contributed by atoms with van der Waals surface area (Å²) in [4.78, 5) is 70.0. The zero-order chi connectivity index (χ0) is 24.1. The number of nitrogens with one attached hydrogen (secondary N) is 3. The Bertz CT molecular complexity index is 691. The standard InChI is InChI=1S/C16H28N6O8S/c17-7(6-31)13(26)22-10(5-23)15(28)20-8(1-3-11(18)24)14(27)21-9(16(29)30)2-4-12(19)25/h7-10,23,31H,1-6,17H2,(H2,18,24)(H2,19,25)(H,20,28)(H,21,27)(H,22,26)(H,29,30). The van der Waals surface area contributed by atoms with E-state index in [0.29, 0.717) is 0 Å². The first kappa shape index (κ1) is 28.1. The van der Waals surface area contributed by atoms with Gasteiger partial charge in [0.15, 0.2) is 0 Å². The Labute approximate surface area is 183 Å². The van der Waals surface area contributed by atoms with Gasteiger partial charge in [0.1, 0.15) is 18.1 Å². The number of aliphatic hydroxyl groups excluding tert-OH is 1. The first-order valence-corrected chi connectivity index (χ1v) is 9.73. The quantitative estimate of drug-likeness (QED) is 0.105. The van der Waals surface area contributed by atoms with Crippen LogP contribution in [0.15, 0.2) is 0 Å². The van der Waals surface area contributed by atoms with E-state index in [1.54, 1.807) is 0 Å². The van der Waals surface area contributed by atoms with Gasteiger partial charge in [-0.05, 0) is 12.8 Å². The Balaban J connectivity index is 5.33. The summed E-state index contributed by atoms with van der Waals surface area (Å²) in [5.74, 6) is -5.80. The summed E-state index contributed by atoms with van der Waals surface area (Å²) in [5.41, 5.74) is 15.5. The number of rotatable bonds is 15. The van der Waals surface area contributed by atoms with Crippen LogP contribution in [-0.4, -0.2) is 82.2 Å². The molecular weight excluding hydrogens is 436 g/mol. The van der Waals surface area contributed by atoms with Gasteiger partial charge in [-0.25, -0.2) is 4.79 Å². The van der Waals surface area contributed by atoms with Crippen LogP contribution in [0.2, 0.25) is 0 Å². The Morgan fingerprint density at radius 3 is 1.61 bits per heavy atom. The van der Waals surface area contributed by atoms with E-state index in [0.717, 1.165) is 0 Å². The number of aliphatic carboxylic acids is 1. The minimum absolute atomic E-state index is 0.0306. The SMILES string of the molecule is NC(=O)CCC(NC(=O)C(CCC(N)=O)NC(=O)C(CO)NC(=O)C(N)CS)C(=O)O. The summed E-state index contributed by atoms with van der Waals surface area (Å²) in [6.07, 6.45) is -1.25. The molecule has 0 aromatic rings. The van der Waals surface area contributed by atoms with Crippen LogP contribution < -0.4 is 33.2 Å². The van der Waals surface area contributed by atoms with Gasteiger partial charge in [0.2, 0.25) is 29.5 Å². The highest BCUT2D eigenvalue weighted by Crippen LogP contribution is 2.03. The molecule has 0 fully saturated rings. The van der Waals surface area contributed by atoms with E-state index in [9.17, 15) is 39.0 Å². The van der Waals surface area contributed by atoms with Crippen LogP contribution >= 0.6 is 12.6 Å². The molecule has 0 radical (unpaired) electrons. The molecule has 31 heavy (non-hydrogen) atoms. The predicted molar refractivity (Wildman–Crippen MR) is 109 cm³/mol. The summed E-state index contributed by atoms with van der Waals surface area (Å²) in [7, 11) is 0. The lowest BCUT2D eigenvalue weighted by Crippen LogP contribution is -2.58. The second-order valence-electron chi connectivity index (χ2n) is 6.50. The first-order chi connectivity index (χ1) is 14.4. The zero-order valence-corrected chi connectivity index (χ0v) is 17.5. The van der Waals surface area contributed by atoms with Crippen molar-refractivity contribution in [1.29, 1.82) is 0 Å². The fourth-order valence-corrected chi connectivity index (χ4v) is 2.37. The summed E-state index contributed by atoms with van der Waals surface area (Å²) < 4.78 is 0. The van der Waals surface area contributed by atoms with Crippen molar-refractivity contribution in [3.8, 4) is 0 Å². The lowest BCUT2D eigenvalue weighted by atomic mass is 10.1. The maximum Gasteiger partial charge on any atom is 0.326 e. The number of aliphatic hydroxyl groups is 1. The molecule has 0 heterocycles. The van der Waals surface area contributed by atoms with Crippen LogP contribution in [0, 0.1) is 0 Å². The smallest absolute Gasteiger partial charge is 0.326 e. The average molecular weight is 465 g/mol. The molecule has 11 N–H and O–H groups in total. The number of amides is 5. The Hall–Kier alpha value is -2.91. The highest BCUT2D eigenvalue weighted by molar-refractivity contribution is 7.80. The van der Waals surface area contributed by atoms with Crippen molar-refractivity contribution in [3.63, 3.8) is 0 Å². The zero-order valence-electron chi connectivity index (χ0n) is 16.6. The molecule has 4 atom stereocenters. The predicted octanol–water partition coefficient (Wildman–Crippen LogP) is -4.69. The molecule has 14 nitrogen and oxygen atoms in total. The molecule has 0 aliphatic rings. The first-order valence-electron chi connectivity index (χ1n) is 9.10.